The molecule has 1 aromatic carbocycles. The van der Waals surface area contributed by atoms with Crippen molar-refractivity contribution in [1.82, 2.24) is 4.98 Å². The Morgan fingerprint density at radius 2 is 1.88 bits per heavy atom. The first-order valence-electron chi connectivity index (χ1n) is 6.98. The van der Waals surface area contributed by atoms with Gasteiger partial charge in [-0.25, -0.2) is 9.78 Å². The molecule has 0 spiro atoms. The van der Waals surface area contributed by atoms with Crippen LogP contribution in [-0.2, 0) is 0 Å². The molecular weight excluding hydrogens is 308 g/mol. The molecule has 0 fully saturated rings. The van der Waals surface area contributed by atoms with Gasteiger partial charge in [0.05, 0.1) is 35.0 Å². The van der Waals surface area contributed by atoms with Crippen LogP contribution in [-0.4, -0.2) is 21.9 Å². The van der Waals surface area contributed by atoms with Gasteiger partial charge in [-0.05, 0) is 24.3 Å². The van der Waals surface area contributed by atoms with E-state index in [1.165, 1.54) is 24.7 Å². The third kappa shape index (κ3) is 2.70. The number of carboxylic acid groups (broad SMARTS) is 1. The normalized spacial score (nSPS) is 10.5. The van der Waals surface area contributed by atoms with E-state index in [-0.39, 0.29) is 11.4 Å². The number of nitrogens with one attached hydrogen (secondary N) is 1. The predicted octanol–water partition coefficient (Wildman–Crippen LogP) is 2.57. The smallest absolute Gasteiger partial charge is 0.335 e. The highest BCUT2D eigenvalue weighted by Gasteiger charge is 2.17. The highest BCUT2D eigenvalue weighted by atomic mass is 16.4. The molecule has 7 nitrogen and oxygen atoms in total. The maximum Gasteiger partial charge on any atom is 0.335 e. The topological polar surface area (TPSA) is 139 Å². The number of nitrogen functional groups attached to an aromatic ring is 2. The van der Waals surface area contributed by atoms with Gasteiger partial charge < -0.3 is 21.0 Å². The van der Waals surface area contributed by atoms with Crippen molar-refractivity contribution in [3.63, 3.8) is 0 Å². The number of nitrogens with zero attached hydrogens (tertiary/aromatic N) is 1. The van der Waals surface area contributed by atoms with Gasteiger partial charge in [0.25, 0.3) is 0 Å². The van der Waals surface area contributed by atoms with Gasteiger partial charge in [-0.2, -0.15) is 0 Å². The molecule has 24 heavy (non-hydrogen) atoms. The van der Waals surface area contributed by atoms with E-state index in [1.807, 2.05) is 0 Å². The molecule has 0 unspecified atom stereocenters. The quantitative estimate of drug-likeness (QED) is 0.430. The molecule has 3 aromatic rings. The van der Waals surface area contributed by atoms with Crippen molar-refractivity contribution in [2.45, 2.75) is 0 Å². The number of nitrogens with two attached hydrogens (primary N) is 2. The molecule has 0 aliphatic heterocycles. The van der Waals surface area contributed by atoms with Crippen molar-refractivity contribution < 1.29 is 14.3 Å². The van der Waals surface area contributed by atoms with Gasteiger partial charge in [0.2, 0.25) is 0 Å². The van der Waals surface area contributed by atoms with Crippen LogP contribution >= 0.6 is 0 Å². The van der Waals surface area contributed by atoms with Crippen LogP contribution in [0.4, 0.5) is 5.69 Å². The van der Waals surface area contributed by atoms with Gasteiger partial charge in [-0.3, -0.25) is 5.41 Å². The second-order valence-electron chi connectivity index (χ2n) is 5.13. The van der Waals surface area contributed by atoms with Crippen molar-refractivity contribution in [3.8, 4) is 22.5 Å². The van der Waals surface area contributed by atoms with Crippen molar-refractivity contribution in [2.24, 2.45) is 5.73 Å². The minimum absolute atomic E-state index is 0.183. The predicted molar refractivity (Wildman–Crippen MR) is 89.8 cm³/mol. The van der Waals surface area contributed by atoms with Crippen LogP contribution in [0.15, 0.2) is 53.3 Å². The summed E-state index contributed by atoms with van der Waals surface area (Å²) in [5.74, 6) is -1.19. The molecule has 0 aliphatic carbocycles. The third-order valence-electron chi connectivity index (χ3n) is 3.54. The highest BCUT2D eigenvalue weighted by Crippen LogP contribution is 2.30. The molecule has 0 saturated heterocycles. The van der Waals surface area contributed by atoms with Crippen molar-refractivity contribution in [2.75, 3.05) is 5.73 Å². The fraction of sp³-hybridized carbons (Fsp3) is 0. The van der Waals surface area contributed by atoms with E-state index in [0.717, 1.165) is 0 Å². The van der Waals surface area contributed by atoms with Crippen LogP contribution in [0.25, 0.3) is 22.5 Å². The molecule has 2 aromatic heterocycles. The van der Waals surface area contributed by atoms with Gasteiger partial charge in [-0.15, -0.1) is 0 Å². The summed E-state index contributed by atoms with van der Waals surface area (Å²) in [7, 11) is 0. The molecular formula is C17H14N4O3. The lowest BCUT2D eigenvalue weighted by Crippen LogP contribution is -2.16. The summed E-state index contributed by atoms with van der Waals surface area (Å²) >= 11 is 0. The standard InChI is InChI=1S/C17H14N4O3/c18-12-7-13(9-1-3-10(4-2-9)17(22)23)21-15(14(12)16(19)20)11-5-6-24-8-11/h1-8H,(H2,18,21)(H3,19,20)(H,22,23). The summed E-state index contributed by atoms with van der Waals surface area (Å²) in [5, 5.41) is 16.7. The summed E-state index contributed by atoms with van der Waals surface area (Å²) < 4.78 is 5.07. The Hall–Kier alpha value is -3.61. The molecule has 0 amide bonds. The Kier molecular flexibility index (Phi) is 3.75. The number of aromatic carboxylic acids is 1. The molecule has 7 heteroatoms. The molecule has 2 heterocycles. The number of aromatic nitrogens is 1. The Morgan fingerprint density at radius 1 is 1.17 bits per heavy atom. The number of anilines is 1. The minimum atomic E-state index is -1.000. The monoisotopic (exact) mass is 322 g/mol. The van der Waals surface area contributed by atoms with E-state index in [2.05, 4.69) is 4.98 Å². The van der Waals surface area contributed by atoms with Crippen LogP contribution in [0.2, 0.25) is 0 Å². The molecule has 0 bridgehead atoms. The van der Waals surface area contributed by atoms with Crippen molar-refractivity contribution in [1.29, 1.82) is 5.41 Å². The largest absolute Gasteiger partial charge is 0.478 e. The van der Waals surface area contributed by atoms with Gasteiger partial charge in [0.1, 0.15) is 5.84 Å². The fourth-order valence-electron chi connectivity index (χ4n) is 2.39. The number of furan rings is 1. The Balaban J connectivity index is 2.16. The second-order valence-corrected chi connectivity index (χ2v) is 5.13. The van der Waals surface area contributed by atoms with Crippen molar-refractivity contribution >= 4 is 17.5 Å². The van der Waals surface area contributed by atoms with Crippen LogP contribution in [0.3, 0.4) is 0 Å². The zero-order valence-corrected chi connectivity index (χ0v) is 12.5. The first-order chi connectivity index (χ1) is 11.5. The summed E-state index contributed by atoms with van der Waals surface area (Å²) in [4.78, 5) is 15.5. The summed E-state index contributed by atoms with van der Waals surface area (Å²) in [6, 6.07) is 9.59. The van der Waals surface area contributed by atoms with E-state index < -0.39 is 5.97 Å². The maximum absolute atomic E-state index is 10.9. The maximum atomic E-state index is 10.9. The lowest BCUT2D eigenvalue weighted by atomic mass is 10.0. The van der Waals surface area contributed by atoms with Gasteiger partial charge in [-0.1, -0.05) is 12.1 Å². The Labute approximate surface area is 137 Å². The number of pyridine rings is 1. The summed E-state index contributed by atoms with van der Waals surface area (Å²) in [5.41, 5.74) is 14.9. The molecule has 6 N–H and O–H groups in total. The zero-order chi connectivity index (χ0) is 17.3. The van der Waals surface area contributed by atoms with Gasteiger partial charge >= 0.3 is 5.97 Å². The fourth-order valence-corrected chi connectivity index (χ4v) is 2.39. The number of benzene rings is 1. The highest BCUT2D eigenvalue weighted by molar-refractivity contribution is 6.05. The Morgan fingerprint density at radius 3 is 2.42 bits per heavy atom. The third-order valence-corrected chi connectivity index (χ3v) is 3.54. The van der Waals surface area contributed by atoms with Gasteiger partial charge in [0, 0.05) is 16.8 Å². The lowest BCUT2D eigenvalue weighted by Gasteiger charge is -2.12. The number of rotatable bonds is 4. The minimum Gasteiger partial charge on any atom is -0.478 e. The molecule has 3 rings (SSSR count). The molecule has 120 valence electrons. The number of amidine groups is 1. The Bertz CT molecular complexity index is 916. The average Bonchev–Trinajstić information content (AvgIpc) is 3.08. The number of hydrogen-bond acceptors (Lipinski definition) is 5. The van der Waals surface area contributed by atoms with E-state index in [4.69, 9.17) is 26.4 Å². The molecule has 0 radical (unpaired) electrons. The first-order valence-corrected chi connectivity index (χ1v) is 6.98. The van der Waals surface area contributed by atoms with E-state index in [9.17, 15) is 4.79 Å². The van der Waals surface area contributed by atoms with Crippen LogP contribution in [0.1, 0.15) is 15.9 Å². The second kappa shape index (κ2) is 5.88. The van der Waals surface area contributed by atoms with E-state index in [1.54, 1.807) is 24.3 Å². The van der Waals surface area contributed by atoms with Gasteiger partial charge in [0.15, 0.2) is 0 Å². The zero-order valence-electron chi connectivity index (χ0n) is 12.5. The summed E-state index contributed by atoms with van der Waals surface area (Å²) in [6.45, 7) is 0. The van der Waals surface area contributed by atoms with Crippen molar-refractivity contribution in [3.05, 3.63) is 60.1 Å². The lowest BCUT2D eigenvalue weighted by molar-refractivity contribution is 0.0697. The summed E-state index contributed by atoms with van der Waals surface area (Å²) in [6.07, 6.45) is 2.98. The number of carboxylic acids is 1. The molecule has 0 atom stereocenters. The van der Waals surface area contributed by atoms with Crippen LogP contribution in [0, 0.1) is 5.41 Å². The van der Waals surface area contributed by atoms with E-state index in [0.29, 0.717) is 33.8 Å². The number of carbonyl (C=O) groups is 1. The van der Waals surface area contributed by atoms with Crippen LogP contribution in [0.5, 0.6) is 0 Å². The van der Waals surface area contributed by atoms with Crippen LogP contribution < -0.4 is 11.5 Å². The SMILES string of the molecule is N=C(N)c1c(N)cc(-c2ccc(C(=O)O)cc2)nc1-c1ccoc1. The average molecular weight is 322 g/mol. The molecule has 0 aliphatic rings. The van der Waals surface area contributed by atoms with E-state index >= 15 is 0 Å². The molecule has 0 saturated carbocycles. The first kappa shape index (κ1) is 15.3. The number of hydrogen-bond donors (Lipinski definition) is 4.